The van der Waals surface area contributed by atoms with Crippen molar-refractivity contribution in [1.82, 2.24) is 29.9 Å². The second-order valence-electron chi connectivity index (χ2n) is 8.63. The van der Waals surface area contributed by atoms with Gasteiger partial charge in [0.25, 0.3) is 12.4 Å². The number of carbonyl (C=O) groups is 2. The second-order valence-corrected chi connectivity index (χ2v) is 8.63. The smallest absolute Gasteiger partial charge is 0.290 e. The van der Waals surface area contributed by atoms with Crippen LogP contribution in [0.5, 0.6) is 0 Å². The first-order valence-electron chi connectivity index (χ1n) is 10.9. The highest BCUT2D eigenvalue weighted by Gasteiger charge is 2.63. The van der Waals surface area contributed by atoms with Crippen LogP contribution in [0.15, 0.2) is 36.8 Å². The predicted molar refractivity (Wildman–Crippen MR) is 117 cm³/mol. The lowest BCUT2D eigenvalue weighted by molar-refractivity contribution is -0.122. The maximum Gasteiger partial charge on any atom is 0.290 e. The first kappa shape index (κ1) is 21.3. The van der Waals surface area contributed by atoms with Gasteiger partial charge in [-0.25, -0.2) is 19.5 Å². The summed E-state index contributed by atoms with van der Waals surface area (Å²) in [5, 5.41) is 14.2. The molecule has 2 bridgehead atoms. The minimum atomic E-state index is -0.250. The number of aromatic nitrogens is 5. The number of nitrogens with one attached hydrogen (secondary N) is 1. The molecule has 3 aliphatic heterocycles. The van der Waals surface area contributed by atoms with E-state index in [0.717, 1.165) is 37.6 Å². The third-order valence-corrected chi connectivity index (χ3v) is 6.90. The molecule has 3 fully saturated rings. The van der Waals surface area contributed by atoms with Crippen LogP contribution in [0.1, 0.15) is 29.2 Å². The molecule has 3 aromatic heterocycles. The molecule has 1 spiro atoms. The fourth-order valence-corrected chi connectivity index (χ4v) is 5.58. The van der Waals surface area contributed by atoms with Crippen LogP contribution in [0, 0.1) is 18.8 Å². The molecule has 0 aromatic carbocycles. The Kier molecular flexibility index (Phi) is 5.41. The molecule has 0 radical (unpaired) electrons. The summed E-state index contributed by atoms with van der Waals surface area (Å²) in [6.07, 6.45) is 5.61. The summed E-state index contributed by atoms with van der Waals surface area (Å²) in [5.74, 6) is 2.28. The summed E-state index contributed by atoms with van der Waals surface area (Å²) in [7, 11) is 0. The summed E-state index contributed by atoms with van der Waals surface area (Å²) in [4.78, 5) is 36.5. The maximum atomic E-state index is 12.9. The van der Waals surface area contributed by atoms with Gasteiger partial charge in [-0.1, -0.05) is 6.07 Å². The van der Waals surface area contributed by atoms with Crippen LogP contribution in [0.25, 0.3) is 5.65 Å². The zero-order valence-corrected chi connectivity index (χ0v) is 18.2. The summed E-state index contributed by atoms with van der Waals surface area (Å²) in [6.45, 7) is 4.01. The number of ether oxygens (including phenoxy) is 1. The number of aryl methyl sites for hydroxylation is 1. The van der Waals surface area contributed by atoms with E-state index in [4.69, 9.17) is 14.6 Å². The average molecular weight is 451 g/mol. The molecule has 33 heavy (non-hydrogen) atoms. The molecular formula is C22H25N7O4. The quantitative estimate of drug-likeness (QED) is 0.556. The van der Waals surface area contributed by atoms with Gasteiger partial charge in [-0.05, 0) is 38.0 Å². The van der Waals surface area contributed by atoms with Crippen molar-refractivity contribution in [3.05, 3.63) is 48.3 Å². The molecule has 6 rings (SSSR count). The van der Waals surface area contributed by atoms with Crippen LogP contribution in [-0.2, 0) is 9.53 Å². The number of hydrogen-bond acceptors (Lipinski definition) is 8. The molecule has 1 amide bonds. The van der Waals surface area contributed by atoms with E-state index in [0.29, 0.717) is 29.7 Å². The van der Waals surface area contributed by atoms with Gasteiger partial charge >= 0.3 is 0 Å². The van der Waals surface area contributed by atoms with E-state index in [1.54, 1.807) is 10.6 Å². The number of amides is 1. The SMILES string of the molecule is Cc1nccc(N2C[C@@H]3[C@H](CNC(=O)c4cccc5ncnn45)[C@H]4CC[C@]3(C2)O4)n1.O=CO. The van der Waals surface area contributed by atoms with Crippen molar-refractivity contribution in [1.29, 1.82) is 0 Å². The van der Waals surface area contributed by atoms with E-state index in [9.17, 15) is 4.79 Å². The molecule has 0 unspecified atom stereocenters. The first-order chi connectivity index (χ1) is 16.0. The van der Waals surface area contributed by atoms with Crippen molar-refractivity contribution in [2.24, 2.45) is 11.8 Å². The second kappa shape index (κ2) is 8.39. The van der Waals surface area contributed by atoms with Crippen LogP contribution >= 0.6 is 0 Å². The first-order valence-corrected chi connectivity index (χ1v) is 10.9. The highest BCUT2D eigenvalue weighted by molar-refractivity contribution is 5.93. The lowest BCUT2D eigenvalue weighted by Crippen LogP contribution is -2.42. The molecule has 172 valence electrons. The predicted octanol–water partition coefficient (Wildman–Crippen LogP) is 0.942. The van der Waals surface area contributed by atoms with Crippen molar-refractivity contribution < 1.29 is 19.4 Å². The van der Waals surface area contributed by atoms with Crippen LogP contribution < -0.4 is 10.2 Å². The molecule has 0 saturated carbocycles. The molecule has 0 aliphatic carbocycles. The van der Waals surface area contributed by atoms with Crippen molar-refractivity contribution >= 4 is 23.8 Å². The molecule has 11 nitrogen and oxygen atoms in total. The van der Waals surface area contributed by atoms with Gasteiger partial charge in [0.05, 0.1) is 11.7 Å². The Morgan fingerprint density at radius 3 is 3.03 bits per heavy atom. The molecule has 2 N–H and O–H groups in total. The summed E-state index contributed by atoms with van der Waals surface area (Å²) >= 11 is 0. The van der Waals surface area contributed by atoms with E-state index >= 15 is 0 Å². The third kappa shape index (κ3) is 3.67. The van der Waals surface area contributed by atoms with Gasteiger partial charge in [0, 0.05) is 37.7 Å². The Bertz CT molecular complexity index is 1180. The van der Waals surface area contributed by atoms with E-state index < -0.39 is 0 Å². The van der Waals surface area contributed by atoms with Crippen molar-refractivity contribution in [3.63, 3.8) is 0 Å². The minimum Gasteiger partial charge on any atom is -0.483 e. The van der Waals surface area contributed by atoms with Crippen LogP contribution in [0.4, 0.5) is 5.82 Å². The Morgan fingerprint density at radius 2 is 2.21 bits per heavy atom. The number of fused-ring (bicyclic) bond motifs is 2. The molecule has 3 saturated heterocycles. The largest absolute Gasteiger partial charge is 0.483 e. The fraction of sp³-hybridized carbons (Fsp3) is 0.455. The highest BCUT2D eigenvalue weighted by Crippen LogP contribution is 2.55. The third-order valence-electron chi connectivity index (χ3n) is 6.90. The summed E-state index contributed by atoms with van der Waals surface area (Å²) in [6, 6.07) is 7.39. The van der Waals surface area contributed by atoms with Crippen LogP contribution in [0.3, 0.4) is 0 Å². The Labute approximate surface area is 189 Å². The lowest BCUT2D eigenvalue weighted by atomic mass is 9.73. The number of hydrogen-bond donors (Lipinski definition) is 2. The van der Waals surface area contributed by atoms with Gasteiger partial charge in [-0.15, -0.1) is 0 Å². The lowest BCUT2D eigenvalue weighted by Gasteiger charge is -2.29. The number of rotatable bonds is 4. The number of anilines is 1. The number of carbonyl (C=O) groups excluding carboxylic acids is 1. The number of pyridine rings is 1. The maximum absolute atomic E-state index is 12.9. The molecule has 6 heterocycles. The van der Waals surface area contributed by atoms with Crippen LogP contribution in [-0.4, -0.2) is 73.4 Å². The Hall–Kier alpha value is -3.60. The van der Waals surface area contributed by atoms with E-state index in [-0.39, 0.29) is 24.1 Å². The molecule has 11 heteroatoms. The topological polar surface area (TPSA) is 135 Å². The average Bonchev–Trinajstić information content (AvgIpc) is 3.57. The number of carboxylic acid groups (broad SMARTS) is 1. The van der Waals surface area contributed by atoms with Crippen LogP contribution in [0.2, 0.25) is 0 Å². The summed E-state index contributed by atoms with van der Waals surface area (Å²) in [5.41, 5.74) is 1.04. The fourth-order valence-electron chi connectivity index (χ4n) is 5.58. The summed E-state index contributed by atoms with van der Waals surface area (Å²) < 4.78 is 8.08. The van der Waals surface area contributed by atoms with Gasteiger partial charge in [0.2, 0.25) is 0 Å². The normalized spacial score (nSPS) is 27.2. The highest BCUT2D eigenvalue weighted by atomic mass is 16.5. The number of nitrogens with zero attached hydrogens (tertiary/aromatic N) is 6. The van der Waals surface area contributed by atoms with Gasteiger partial charge < -0.3 is 20.1 Å². The van der Waals surface area contributed by atoms with E-state index in [1.807, 2.05) is 31.3 Å². The van der Waals surface area contributed by atoms with Gasteiger partial charge in [-0.3, -0.25) is 9.59 Å². The van der Waals surface area contributed by atoms with Crippen molar-refractivity contribution in [2.75, 3.05) is 24.5 Å². The molecular weight excluding hydrogens is 426 g/mol. The minimum absolute atomic E-state index is 0.120. The van der Waals surface area contributed by atoms with E-state index in [1.165, 1.54) is 6.33 Å². The molecule has 3 aromatic rings. The monoisotopic (exact) mass is 451 g/mol. The van der Waals surface area contributed by atoms with Gasteiger partial charge in [0.1, 0.15) is 23.7 Å². The standard InChI is InChI=1S/C21H23N7O2.CH2O2/c1-13-22-8-6-19(26-13)27-10-15-14(17-5-7-21(15,11-27)30-17)9-23-20(29)16-3-2-4-18-24-12-25-28(16)18;2-1-3/h2-4,6,8,12,14-15,17H,5,7,9-11H2,1H3,(H,23,29);1H,(H,2,3)/t14-,15+,17+,21+;/m0./s1. The van der Waals surface area contributed by atoms with Crippen molar-refractivity contribution in [3.8, 4) is 0 Å². The van der Waals surface area contributed by atoms with E-state index in [2.05, 4.69) is 30.3 Å². The van der Waals surface area contributed by atoms with Crippen molar-refractivity contribution in [2.45, 2.75) is 31.5 Å². The van der Waals surface area contributed by atoms with Gasteiger partial charge in [-0.2, -0.15) is 5.10 Å². The zero-order valence-electron chi connectivity index (χ0n) is 18.2. The Balaban J connectivity index is 0.000000724. The molecule has 4 atom stereocenters. The van der Waals surface area contributed by atoms with Gasteiger partial charge in [0.15, 0.2) is 5.65 Å². The molecule has 3 aliphatic rings. The Morgan fingerprint density at radius 1 is 1.36 bits per heavy atom. The zero-order chi connectivity index (χ0) is 23.0.